The largest absolute Gasteiger partial charge is 0.398 e. The third-order valence-electron chi connectivity index (χ3n) is 13.2. The highest BCUT2D eigenvalue weighted by molar-refractivity contribution is 6.38. The molecule has 0 radical (unpaired) electrons. The van der Waals surface area contributed by atoms with Crippen LogP contribution in [0.5, 0.6) is 0 Å². The maximum atomic E-state index is 15.3. The van der Waals surface area contributed by atoms with Crippen molar-refractivity contribution in [2.75, 3.05) is 41.3 Å². The number of nitrogens with one attached hydrogen (secondary N) is 2. The van der Waals surface area contributed by atoms with E-state index in [4.69, 9.17) is 23.4 Å². The van der Waals surface area contributed by atoms with Gasteiger partial charge >= 0.3 is 0 Å². The predicted octanol–water partition coefficient (Wildman–Crippen LogP) is 14.8. The molecule has 0 saturated heterocycles. The first-order valence-corrected chi connectivity index (χ1v) is 23.8. The van der Waals surface area contributed by atoms with Crippen molar-refractivity contribution in [1.82, 2.24) is 0 Å². The molecule has 326 valence electrons. The number of carbonyl (C=O) groups is 1. The summed E-state index contributed by atoms with van der Waals surface area (Å²) in [6, 6.07) is 29.3. The molecule has 0 spiro atoms. The first-order chi connectivity index (χ1) is 30.8. The Balaban J connectivity index is 1.40. The Kier molecular flexibility index (Phi) is 15.2. The Morgan fingerprint density at radius 1 is 0.667 bits per heavy atom. The molecule has 7 nitrogen and oxygen atoms in total. The minimum Gasteiger partial charge on any atom is -0.398 e. The van der Waals surface area contributed by atoms with E-state index in [0.717, 1.165) is 99.8 Å². The molecule has 6 N–H and O–H groups in total. The molecular weight excluding hydrogens is 773 g/mol. The van der Waals surface area contributed by atoms with Crippen LogP contribution in [0, 0.1) is 12.0 Å². The number of nitrogens with two attached hydrogens (primary N) is 2. The third-order valence-corrected chi connectivity index (χ3v) is 13.2. The van der Waals surface area contributed by atoms with Gasteiger partial charge in [0.1, 0.15) is 0 Å². The van der Waals surface area contributed by atoms with Crippen LogP contribution in [0.2, 0.25) is 0 Å². The minimum atomic E-state index is -0.868. The maximum absolute atomic E-state index is 15.3. The summed E-state index contributed by atoms with van der Waals surface area (Å²) in [5.41, 5.74) is 19.4. The highest BCUT2D eigenvalue weighted by Gasteiger charge is 2.45. The van der Waals surface area contributed by atoms with E-state index in [0.29, 0.717) is 33.6 Å². The van der Waals surface area contributed by atoms with E-state index in [-0.39, 0.29) is 11.5 Å². The predicted molar refractivity (Wildman–Crippen MR) is 271 cm³/mol. The lowest BCUT2D eigenvalue weighted by molar-refractivity contribution is -0.115. The van der Waals surface area contributed by atoms with E-state index in [2.05, 4.69) is 102 Å². The summed E-state index contributed by atoms with van der Waals surface area (Å²) in [7, 11) is 0. The van der Waals surface area contributed by atoms with Crippen molar-refractivity contribution < 1.29 is 4.79 Å². The summed E-state index contributed by atoms with van der Waals surface area (Å²) in [6.45, 7) is 17.7. The first kappa shape index (κ1) is 44.9. The molecule has 63 heavy (non-hydrogen) atoms. The fourth-order valence-electron chi connectivity index (χ4n) is 9.81. The van der Waals surface area contributed by atoms with Crippen molar-refractivity contribution in [1.29, 1.82) is 5.41 Å². The molecule has 6 aromatic carbocycles. The Bertz CT molecular complexity index is 2720. The highest BCUT2D eigenvalue weighted by Crippen LogP contribution is 2.55. The van der Waals surface area contributed by atoms with E-state index in [1.54, 1.807) is 0 Å². The zero-order valence-electron chi connectivity index (χ0n) is 37.8. The number of unbranched alkanes of at least 4 members (excludes halogenated alkanes) is 12. The molecule has 0 amide bonds. The zero-order valence-corrected chi connectivity index (χ0v) is 37.8. The molecule has 0 aliphatic heterocycles. The number of hydrogen-bond donors (Lipinski definition) is 4. The smallest absolute Gasteiger partial charge is 0.251 e. The number of benzene rings is 6. The summed E-state index contributed by atoms with van der Waals surface area (Å²) >= 11 is 0. The number of hydrogen-bond acceptors (Lipinski definition) is 6. The van der Waals surface area contributed by atoms with E-state index in [1.807, 2.05) is 24.3 Å². The van der Waals surface area contributed by atoms with Crippen LogP contribution in [0.1, 0.15) is 134 Å². The van der Waals surface area contributed by atoms with Crippen molar-refractivity contribution in [2.45, 2.75) is 123 Å². The van der Waals surface area contributed by atoms with Crippen molar-refractivity contribution in [3.63, 3.8) is 0 Å². The molecule has 0 aromatic heterocycles. The number of Topliss-reactive ketones (excluding diaryl/α,β-unsaturated/α-hetero) is 1. The van der Waals surface area contributed by atoms with Gasteiger partial charge in [-0.25, -0.2) is 4.85 Å². The molecule has 0 saturated carbocycles. The molecule has 0 heterocycles. The van der Waals surface area contributed by atoms with Crippen molar-refractivity contribution >= 4 is 83.1 Å². The number of allylic oxidation sites excluding steroid dienone is 2. The normalized spacial score (nSPS) is 13.7. The number of ketones is 1. The Hall–Kier alpha value is -6.09. The molecule has 0 bridgehead atoms. The highest BCUT2D eigenvalue weighted by atomic mass is 16.1. The average Bonchev–Trinajstić information content (AvgIpc) is 3.30. The van der Waals surface area contributed by atoms with Gasteiger partial charge in [0.05, 0.1) is 12.5 Å². The summed E-state index contributed by atoms with van der Waals surface area (Å²) in [5.74, 6) is 1.41. The Morgan fingerprint density at radius 2 is 1.17 bits per heavy atom. The van der Waals surface area contributed by atoms with Gasteiger partial charge < -0.3 is 21.7 Å². The summed E-state index contributed by atoms with van der Waals surface area (Å²) < 4.78 is 0. The lowest BCUT2D eigenvalue weighted by Gasteiger charge is -2.36. The Labute approximate surface area is 374 Å². The van der Waals surface area contributed by atoms with E-state index >= 15 is 4.79 Å². The fourth-order valence-corrected chi connectivity index (χ4v) is 9.81. The number of nitrogens with zero attached hydrogens (tertiary/aromatic N) is 2. The van der Waals surface area contributed by atoms with Gasteiger partial charge in [0, 0.05) is 64.3 Å². The first-order valence-electron chi connectivity index (χ1n) is 23.8. The van der Waals surface area contributed by atoms with Gasteiger partial charge in [-0.15, -0.1) is 0 Å². The number of anilines is 4. The van der Waals surface area contributed by atoms with Crippen LogP contribution in [0.15, 0.2) is 96.2 Å². The quantitative estimate of drug-likeness (QED) is 0.0169. The van der Waals surface area contributed by atoms with E-state index < -0.39 is 5.92 Å². The topological polar surface area (TPSA) is 113 Å². The lowest BCUT2D eigenvalue weighted by atomic mass is 9.66. The van der Waals surface area contributed by atoms with Crippen LogP contribution < -0.4 is 21.7 Å². The molecule has 6 aromatic rings. The van der Waals surface area contributed by atoms with Gasteiger partial charge in [0.2, 0.25) is 0 Å². The van der Waals surface area contributed by atoms with Crippen LogP contribution in [-0.2, 0) is 4.79 Å². The van der Waals surface area contributed by atoms with Crippen LogP contribution in [0.25, 0.3) is 53.5 Å². The van der Waals surface area contributed by atoms with Gasteiger partial charge in [0.25, 0.3) is 5.70 Å². The molecule has 0 fully saturated rings. The minimum absolute atomic E-state index is 0.00424. The van der Waals surface area contributed by atoms with Gasteiger partial charge in [-0.3, -0.25) is 10.2 Å². The standard InChI is InChI=1S/C56H66N6O/c1-5-8-11-14-21-28-61-48-35-46(58)51(44-33-40-26-19-17-24-38(40)31-42(44)48)54-53(49(37-57)60-4)55(56(54)63)52-45-34-41-27-20-18-25-39(41)32-43(45)50(36-47(52)59)62(29-22-15-12-9-6-2)30-23-16-13-10-7-3/h17-20,24-27,31-36,55,57,61H,5-16,21-23,28-30,58-59H2,1-3H3. The van der Waals surface area contributed by atoms with Gasteiger partial charge in [-0.05, 0) is 105 Å². The molecule has 1 unspecified atom stereocenters. The molecule has 1 atom stereocenters. The van der Waals surface area contributed by atoms with E-state index in [1.165, 1.54) is 70.6 Å². The van der Waals surface area contributed by atoms with Crippen LogP contribution in [0.3, 0.4) is 0 Å². The maximum Gasteiger partial charge on any atom is 0.251 e. The molecule has 1 aliphatic rings. The fraction of sp³-hybridized carbons (Fsp3) is 0.393. The second kappa shape index (κ2) is 21.3. The number of fused-ring (bicyclic) bond motifs is 4. The summed E-state index contributed by atoms with van der Waals surface area (Å²) in [5, 5.41) is 20.1. The van der Waals surface area contributed by atoms with E-state index in [9.17, 15) is 0 Å². The molecular formula is C56H66N6O. The van der Waals surface area contributed by atoms with Gasteiger partial charge in [-0.1, -0.05) is 146 Å². The second-order valence-electron chi connectivity index (χ2n) is 17.6. The van der Waals surface area contributed by atoms with Gasteiger partial charge in [-0.2, -0.15) is 0 Å². The Morgan fingerprint density at radius 3 is 1.71 bits per heavy atom. The number of carbonyl (C=O) groups excluding carboxylic acids is 1. The molecule has 7 rings (SSSR count). The van der Waals surface area contributed by atoms with Crippen LogP contribution in [0.4, 0.5) is 22.7 Å². The third kappa shape index (κ3) is 9.63. The lowest BCUT2D eigenvalue weighted by Crippen LogP contribution is -2.31. The summed E-state index contributed by atoms with van der Waals surface area (Å²) in [6.07, 6.45) is 17.8. The monoisotopic (exact) mass is 839 g/mol. The number of rotatable bonds is 23. The van der Waals surface area contributed by atoms with Crippen molar-refractivity contribution in [3.8, 4) is 0 Å². The summed E-state index contributed by atoms with van der Waals surface area (Å²) in [4.78, 5) is 21.6. The average molecular weight is 839 g/mol. The number of nitrogen functional groups attached to an aromatic ring is 2. The molecule has 1 aliphatic carbocycles. The van der Waals surface area contributed by atoms with Crippen molar-refractivity contribution in [3.05, 3.63) is 119 Å². The van der Waals surface area contributed by atoms with Crippen molar-refractivity contribution in [2.24, 2.45) is 0 Å². The van der Waals surface area contributed by atoms with Crippen LogP contribution >= 0.6 is 0 Å². The second-order valence-corrected chi connectivity index (χ2v) is 17.6. The van der Waals surface area contributed by atoms with Crippen LogP contribution in [-0.4, -0.2) is 31.3 Å². The SMILES string of the molecule is [C-]#[N+]C(=C=N)C1=C(c2c(N)cc(NCCCCCCC)c3cc4ccccc4cc23)C(=O)C1c1c(N)cc(N(CCCCCCC)CCCCCCC)c2cc3ccccc3cc12. The van der Waals surface area contributed by atoms with Gasteiger partial charge in [0.15, 0.2) is 5.78 Å². The zero-order chi connectivity index (χ0) is 44.3. The molecule has 7 heteroatoms.